The van der Waals surface area contributed by atoms with Crippen LogP contribution in [0, 0.1) is 0 Å². The van der Waals surface area contributed by atoms with Gasteiger partial charge in [0.1, 0.15) is 0 Å². The minimum absolute atomic E-state index is 0.706. The third-order valence-electron chi connectivity index (χ3n) is 1.44. The second-order valence-electron chi connectivity index (χ2n) is 2.42. The van der Waals surface area contributed by atoms with Gasteiger partial charge in [0.05, 0.1) is 0 Å². The van der Waals surface area contributed by atoms with Gasteiger partial charge in [-0.1, -0.05) is 0 Å². The van der Waals surface area contributed by atoms with Crippen LogP contribution in [-0.2, 0) is 0 Å². The summed E-state index contributed by atoms with van der Waals surface area (Å²) in [7, 11) is 5.79. The van der Waals surface area contributed by atoms with Crippen LogP contribution in [0.5, 0.6) is 0 Å². The van der Waals surface area contributed by atoms with Crippen molar-refractivity contribution in [2.75, 3.05) is 26.2 Å². The lowest BCUT2D eigenvalue weighted by molar-refractivity contribution is 0.389. The molecule has 0 N–H and O–H groups in total. The number of hydrazine groups is 1. The Hall–Kier alpha value is -1.16. The Morgan fingerprint density at radius 2 is 1.64 bits per heavy atom. The van der Waals surface area contributed by atoms with E-state index in [0.29, 0.717) is 5.95 Å². The van der Waals surface area contributed by atoms with E-state index in [1.54, 1.807) is 18.5 Å². The molecule has 0 aliphatic heterocycles. The number of hydrogen-bond donors (Lipinski definition) is 0. The van der Waals surface area contributed by atoms with E-state index in [0.717, 1.165) is 0 Å². The molecule has 0 saturated heterocycles. The van der Waals surface area contributed by atoms with E-state index in [-0.39, 0.29) is 0 Å². The summed E-state index contributed by atoms with van der Waals surface area (Å²) in [5.41, 5.74) is 0. The molecule has 11 heavy (non-hydrogen) atoms. The second-order valence-corrected chi connectivity index (χ2v) is 2.42. The molecule has 0 radical (unpaired) electrons. The lowest BCUT2D eigenvalue weighted by Crippen LogP contribution is -2.34. The number of nitrogens with zero attached hydrogens (tertiary/aromatic N) is 4. The predicted molar refractivity (Wildman–Crippen MR) is 44.1 cm³/mol. The van der Waals surface area contributed by atoms with Crippen molar-refractivity contribution in [1.29, 1.82) is 0 Å². The monoisotopic (exact) mass is 152 g/mol. The molecule has 0 atom stereocenters. The number of anilines is 1. The third kappa shape index (κ3) is 1.88. The fraction of sp³-hybridized carbons (Fsp3) is 0.429. The van der Waals surface area contributed by atoms with Gasteiger partial charge in [0, 0.05) is 33.5 Å². The molecule has 4 nitrogen and oxygen atoms in total. The van der Waals surface area contributed by atoms with Crippen molar-refractivity contribution >= 4 is 5.95 Å². The van der Waals surface area contributed by atoms with Gasteiger partial charge >= 0.3 is 0 Å². The standard InChI is InChI=1S/C7H12N4/c1-10(2)11(3)7-8-5-4-6-9-7/h4-6H,1-3H3. The highest BCUT2D eigenvalue weighted by molar-refractivity contribution is 5.23. The van der Waals surface area contributed by atoms with Crippen molar-refractivity contribution in [3.8, 4) is 0 Å². The Labute approximate surface area is 66.5 Å². The van der Waals surface area contributed by atoms with E-state index in [4.69, 9.17) is 0 Å². The Morgan fingerprint density at radius 3 is 2.09 bits per heavy atom. The molecule has 0 spiro atoms. The van der Waals surface area contributed by atoms with Crippen molar-refractivity contribution in [1.82, 2.24) is 15.0 Å². The zero-order chi connectivity index (χ0) is 8.27. The van der Waals surface area contributed by atoms with E-state index in [1.807, 2.05) is 31.2 Å². The van der Waals surface area contributed by atoms with Gasteiger partial charge in [-0.05, 0) is 6.07 Å². The van der Waals surface area contributed by atoms with Gasteiger partial charge in [-0.2, -0.15) is 0 Å². The molecule has 0 fully saturated rings. The molecule has 0 aliphatic rings. The van der Waals surface area contributed by atoms with Gasteiger partial charge in [0.2, 0.25) is 5.95 Å². The lowest BCUT2D eigenvalue weighted by Gasteiger charge is -2.23. The van der Waals surface area contributed by atoms with Crippen LogP contribution in [0.15, 0.2) is 18.5 Å². The van der Waals surface area contributed by atoms with Crippen LogP contribution < -0.4 is 5.01 Å². The van der Waals surface area contributed by atoms with Gasteiger partial charge in [-0.15, -0.1) is 0 Å². The van der Waals surface area contributed by atoms with Gasteiger partial charge in [0.15, 0.2) is 0 Å². The highest BCUT2D eigenvalue weighted by Crippen LogP contribution is 2.01. The van der Waals surface area contributed by atoms with Crippen molar-refractivity contribution in [3.63, 3.8) is 0 Å². The van der Waals surface area contributed by atoms with E-state index in [1.165, 1.54) is 0 Å². The first kappa shape index (κ1) is 7.94. The summed E-state index contributed by atoms with van der Waals surface area (Å²) in [6.07, 6.45) is 3.45. The third-order valence-corrected chi connectivity index (χ3v) is 1.44. The Balaban J connectivity index is 2.77. The zero-order valence-electron chi connectivity index (χ0n) is 7.02. The predicted octanol–water partition coefficient (Wildman–Crippen LogP) is 0.389. The summed E-state index contributed by atoms with van der Waals surface area (Å²) in [4.78, 5) is 8.15. The van der Waals surface area contributed by atoms with Crippen LogP contribution in [0.2, 0.25) is 0 Å². The molecule has 0 aromatic carbocycles. The average Bonchev–Trinajstić information content (AvgIpc) is 2.05. The number of hydrogen-bond acceptors (Lipinski definition) is 4. The van der Waals surface area contributed by atoms with Gasteiger partial charge in [-0.25, -0.2) is 15.0 Å². The molecule has 0 bridgehead atoms. The maximum atomic E-state index is 4.07. The van der Waals surface area contributed by atoms with E-state index < -0.39 is 0 Å². The molecule has 4 heteroatoms. The summed E-state index contributed by atoms with van der Waals surface area (Å²) in [6, 6.07) is 1.80. The maximum Gasteiger partial charge on any atom is 0.239 e. The smallest absolute Gasteiger partial charge is 0.239 e. The number of aromatic nitrogens is 2. The molecule has 0 amide bonds. The van der Waals surface area contributed by atoms with E-state index in [9.17, 15) is 0 Å². The molecular weight excluding hydrogens is 140 g/mol. The summed E-state index contributed by atoms with van der Waals surface area (Å²) in [6.45, 7) is 0. The Bertz CT molecular complexity index is 209. The van der Waals surface area contributed by atoms with Crippen LogP contribution in [0.1, 0.15) is 0 Å². The SMILES string of the molecule is CN(C)N(C)c1ncccn1. The number of rotatable bonds is 2. The minimum Gasteiger partial charge on any atom is -0.277 e. The fourth-order valence-corrected chi connectivity index (χ4v) is 0.637. The first-order valence-corrected chi connectivity index (χ1v) is 3.40. The molecule has 0 unspecified atom stereocenters. The fourth-order valence-electron chi connectivity index (χ4n) is 0.637. The molecular formula is C7H12N4. The van der Waals surface area contributed by atoms with Gasteiger partial charge < -0.3 is 0 Å². The lowest BCUT2D eigenvalue weighted by atomic mass is 10.7. The molecule has 1 aromatic rings. The average molecular weight is 152 g/mol. The zero-order valence-corrected chi connectivity index (χ0v) is 7.02. The van der Waals surface area contributed by atoms with Crippen LogP contribution in [-0.4, -0.2) is 36.1 Å². The van der Waals surface area contributed by atoms with E-state index in [2.05, 4.69) is 9.97 Å². The van der Waals surface area contributed by atoms with E-state index >= 15 is 0 Å². The first-order valence-electron chi connectivity index (χ1n) is 3.40. The maximum absolute atomic E-state index is 4.07. The van der Waals surface area contributed by atoms with Crippen molar-refractivity contribution in [3.05, 3.63) is 18.5 Å². The molecule has 0 aliphatic carbocycles. The van der Waals surface area contributed by atoms with Crippen molar-refractivity contribution in [2.24, 2.45) is 0 Å². The Kier molecular flexibility index (Phi) is 2.38. The normalized spacial score (nSPS) is 10.2. The van der Waals surface area contributed by atoms with Gasteiger partial charge in [-0.3, -0.25) is 5.01 Å². The summed E-state index contributed by atoms with van der Waals surface area (Å²) in [5.74, 6) is 0.706. The second kappa shape index (κ2) is 3.30. The molecule has 60 valence electrons. The van der Waals surface area contributed by atoms with Crippen molar-refractivity contribution < 1.29 is 0 Å². The highest BCUT2D eigenvalue weighted by atomic mass is 15.6. The molecule has 1 aromatic heterocycles. The van der Waals surface area contributed by atoms with Gasteiger partial charge in [0.25, 0.3) is 0 Å². The molecule has 0 saturated carbocycles. The first-order chi connectivity index (χ1) is 5.22. The van der Waals surface area contributed by atoms with Crippen molar-refractivity contribution in [2.45, 2.75) is 0 Å². The largest absolute Gasteiger partial charge is 0.277 e. The molecule has 1 rings (SSSR count). The van der Waals surface area contributed by atoms with Crippen LogP contribution >= 0.6 is 0 Å². The summed E-state index contributed by atoms with van der Waals surface area (Å²) < 4.78 is 0. The Morgan fingerprint density at radius 1 is 1.09 bits per heavy atom. The topological polar surface area (TPSA) is 32.3 Å². The van der Waals surface area contributed by atoms with Crippen LogP contribution in [0.3, 0.4) is 0 Å². The van der Waals surface area contributed by atoms with Crippen LogP contribution in [0.25, 0.3) is 0 Å². The molecule has 1 heterocycles. The van der Waals surface area contributed by atoms with Crippen LogP contribution in [0.4, 0.5) is 5.95 Å². The summed E-state index contributed by atoms with van der Waals surface area (Å²) in [5, 5.41) is 3.77. The minimum atomic E-state index is 0.706. The summed E-state index contributed by atoms with van der Waals surface area (Å²) >= 11 is 0. The highest BCUT2D eigenvalue weighted by Gasteiger charge is 2.02. The quantitative estimate of drug-likeness (QED) is 0.574.